The predicted molar refractivity (Wildman–Crippen MR) is 77.9 cm³/mol. The van der Waals surface area contributed by atoms with Gasteiger partial charge in [0.1, 0.15) is 12.4 Å². The van der Waals surface area contributed by atoms with Crippen LogP contribution in [0.2, 0.25) is 5.02 Å². The van der Waals surface area contributed by atoms with Crippen molar-refractivity contribution in [2.75, 3.05) is 26.3 Å². The molecular formula is C15H22ClNO2. The van der Waals surface area contributed by atoms with E-state index in [0.29, 0.717) is 11.6 Å². The molecule has 0 amide bonds. The Morgan fingerprint density at radius 3 is 2.89 bits per heavy atom. The van der Waals surface area contributed by atoms with E-state index in [1.807, 2.05) is 24.3 Å². The lowest BCUT2D eigenvalue weighted by molar-refractivity contribution is 0.108. The first kappa shape index (κ1) is 14.6. The topological polar surface area (TPSA) is 32.7 Å². The van der Waals surface area contributed by atoms with Crippen molar-refractivity contribution >= 4 is 11.6 Å². The molecule has 1 heterocycles. The van der Waals surface area contributed by atoms with Gasteiger partial charge in [-0.1, -0.05) is 36.6 Å². The molecule has 19 heavy (non-hydrogen) atoms. The maximum Gasteiger partial charge on any atom is 0.137 e. The molecule has 1 atom stereocenters. The molecule has 0 saturated carbocycles. The van der Waals surface area contributed by atoms with E-state index < -0.39 is 0 Å². The monoisotopic (exact) mass is 283 g/mol. The number of rotatable bonds is 5. The molecule has 0 radical (unpaired) electrons. The Kier molecular flexibility index (Phi) is 5.95. The highest BCUT2D eigenvalue weighted by Gasteiger charge is 2.19. The number of ether oxygens (including phenoxy) is 1. The van der Waals surface area contributed by atoms with Gasteiger partial charge in [-0.25, -0.2) is 0 Å². The zero-order valence-electron chi connectivity index (χ0n) is 11.2. The molecule has 0 bridgehead atoms. The Morgan fingerprint density at radius 1 is 1.26 bits per heavy atom. The van der Waals surface area contributed by atoms with Crippen LogP contribution in [-0.2, 0) is 0 Å². The third-order valence-electron chi connectivity index (χ3n) is 3.68. The van der Waals surface area contributed by atoms with Crippen molar-refractivity contribution in [2.24, 2.45) is 0 Å². The van der Waals surface area contributed by atoms with Gasteiger partial charge < -0.3 is 9.84 Å². The standard InChI is InChI=1S/C15H22ClNO2/c16-14-7-3-4-8-15(14)19-11-10-17-9-5-1-2-6-13(17)12-18/h3-4,7-8,13,18H,1-2,5-6,9-12H2. The highest BCUT2D eigenvalue weighted by atomic mass is 35.5. The largest absolute Gasteiger partial charge is 0.491 e. The fourth-order valence-corrected chi connectivity index (χ4v) is 2.76. The number of aliphatic hydroxyl groups excluding tert-OH is 1. The Morgan fingerprint density at radius 2 is 2.11 bits per heavy atom. The van der Waals surface area contributed by atoms with Crippen LogP contribution in [0.4, 0.5) is 0 Å². The van der Waals surface area contributed by atoms with Gasteiger partial charge in [0.05, 0.1) is 11.6 Å². The molecule has 0 aliphatic carbocycles. The van der Waals surface area contributed by atoms with Gasteiger partial charge in [0.25, 0.3) is 0 Å². The smallest absolute Gasteiger partial charge is 0.137 e. The lowest BCUT2D eigenvalue weighted by atomic mass is 10.1. The Labute approximate surface area is 120 Å². The molecule has 106 valence electrons. The van der Waals surface area contributed by atoms with Gasteiger partial charge in [0.15, 0.2) is 0 Å². The van der Waals surface area contributed by atoms with E-state index in [4.69, 9.17) is 16.3 Å². The summed E-state index contributed by atoms with van der Waals surface area (Å²) in [4.78, 5) is 2.34. The fourth-order valence-electron chi connectivity index (χ4n) is 2.57. The minimum Gasteiger partial charge on any atom is -0.491 e. The Hall–Kier alpha value is -0.770. The van der Waals surface area contributed by atoms with Crippen LogP contribution >= 0.6 is 11.6 Å². The molecule has 2 rings (SSSR count). The summed E-state index contributed by atoms with van der Waals surface area (Å²) in [6.45, 7) is 2.75. The van der Waals surface area contributed by atoms with Gasteiger partial charge in [0.2, 0.25) is 0 Å². The van der Waals surface area contributed by atoms with Crippen molar-refractivity contribution in [1.29, 1.82) is 0 Å². The molecule has 1 aliphatic rings. The number of likely N-dealkylation sites (tertiary alicyclic amines) is 1. The lowest BCUT2D eigenvalue weighted by Gasteiger charge is -2.28. The zero-order chi connectivity index (χ0) is 13.5. The third-order valence-corrected chi connectivity index (χ3v) is 3.99. The quantitative estimate of drug-likeness (QED) is 0.902. The van der Waals surface area contributed by atoms with Gasteiger partial charge in [-0.3, -0.25) is 4.90 Å². The number of hydrogen-bond acceptors (Lipinski definition) is 3. The minimum atomic E-state index is 0.242. The van der Waals surface area contributed by atoms with Gasteiger partial charge >= 0.3 is 0 Å². The molecule has 0 spiro atoms. The molecule has 0 aromatic heterocycles. The maximum absolute atomic E-state index is 9.44. The van der Waals surface area contributed by atoms with Crippen LogP contribution in [0.3, 0.4) is 0 Å². The zero-order valence-corrected chi connectivity index (χ0v) is 12.0. The summed E-state index contributed by atoms with van der Waals surface area (Å²) < 4.78 is 5.72. The highest BCUT2D eigenvalue weighted by Crippen LogP contribution is 2.23. The van der Waals surface area contributed by atoms with Gasteiger partial charge in [0, 0.05) is 12.6 Å². The van der Waals surface area contributed by atoms with Gasteiger partial charge in [-0.05, 0) is 31.5 Å². The molecule has 1 aromatic carbocycles. The molecule has 3 nitrogen and oxygen atoms in total. The van der Waals surface area contributed by atoms with E-state index in [1.165, 1.54) is 19.3 Å². The van der Waals surface area contributed by atoms with E-state index >= 15 is 0 Å². The van der Waals surface area contributed by atoms with Crippen LogP contribution in [0.5, 0.6) is 5.75 Å². The fraction of sp³-hybridized carbons (Fsp3) is 0.600. The molecule has 1 saturated heterocycles. The molecular weight excluding hydrogens is 262 g/mol. The number of nitrogens with zero attached hydrogens (tertiary/aromatic N) is 1. The summed E-state index contributed by atoms with van der Waals surface area (Å²) in [5.41, 5.74) is 0. The molecule has 1 N–H and O–H groups in total. The van der Waals surface area contributed by atoms with Crippen molar-refractivity contribution in [3.63, 3.8) is 0 Å². The van der Waals surface area contributed by atoms with E-state index in [1.54, 1.807) is 0 Å². The molecule has 4 heteroatoms. The molecule has 1 unspecified atom stereocenters. The van der Waals surface area contributed by atoms with E-state index in [0.717, 1.165) is 25.3 Å². The average Bonchev–Trinajstić information content (AvgIpc) is 2.66. The summed E-state index contributed by atoms with van der Waals surface area (Å²) in [5.74, 6) is 0.736. The SMILES string of the molecule is OCC1CCCCCN1CCOc1ccccc1Cl. The van der Waals surface area contributed by atoms with Crippen LogP contribution in [-0.4, -0.2) is 42.4 Å². The number of hydrogen-bond donors (Lipinski definition) is 1. The normalized spacial score (nSPS) is 21.1. The summed E-state index contributed by atoms with van der Waals surface area (Å²) in [5, 5.41) is 10.1. The van der Waals surface area contributed by atoms with Crippen molar-refractivity contribution in [3.05, 3.63) is 29.3 Å². The minimum absolute atomic E-state index is 0.242. The third kappa shape index (κ3) is 4.37. The molecule has 1 fully saturated rings. The molecule has 1 aromatic rings. The van der Waals surface area contributed by atoms with E-state index in [2.05, 4.69) is 4.90 Å². The van der Waals surface area contributed by atoms with Crippen molar-refractivity contribution in [2.45, 2.75) is 31.7 Å². The summed E-state index contributed by atoms with van der Waals surface area (Å²) >= 11 is 6.05. The van der Waals surface area contributed by atoms with Gasteiger partial charge in [-0.15, -0.1) is 0 Å². The predicted octanol–water partition coefficient (Wildman–Crippen LogP) is 2.96. The number of halogens is 1. The van der Waals surface area contributed by atoms with Crippen LogP contribution in [0.15, 0.2) is 24.3 Å². The van der Waals surface area contributed by atoms with Crippen molar-refractivity contribution in [3.8, 4) is 5.75 Å². The Balaban J connectivity index is 1.82. The Bertz CT molecular complexity index is 386. The summed E-state index contributed by atoms with van der Waals surface area (Å²) in [7, 11) is 0. The second kappa shape index (κ2) is 7.73. The second-order valence-corrected chi connectivity index (χ2v) is 5.41. The lowest BCUT2D eigenvalue weighted by Crippen LogP contribution is -2.40. The first-order chi connectivity index (χ1) is 9.31. The first-order valence-electron chi connectivity index (χ1n) is 7.03. The maximum atomic E-state index is 9.44. The molecule has 1 aliphatic heterocycles. The van der Waals surface area contributed by atoms with Gasteiger partial charge in [-0.2, -0.15) is 0 Å². The number of aliphatic hydroxyl groups is 1. The van der Waals surface area contributed by atoms with Crippen molar-refractivity contribution in [1.82, 2.24) is 4.90 Å². The average molecular weight is 284 g/mol. The van der Waals surface area contributed by atoms with Crippen LogP contribution < -0.4 is 4.74 Å². The summed E-state index contributed by atoms with van der Waals surface area (Å²) in [6.07, 6.45) is 4.77. The van der Waals surface area contributed by atoms with Crippen LogP contribution in [0.25, 0.3) is 0 Å². The summed E-state index contributed by atoms with van der Waals surface area (Å²) in [6, 6.07) is 7.82. The first-order valence-corrected chi connectivity index (χ1v) is 7.41. The number of para-hydroxylation sites is 1. The van der Waals surface area contributed by atoms with Crippen LogP contribution in [0.1, 0.15) is 25.7 Å². The van der Waals surface area contributed by atoms with E-state index in [9.17, 15) is 5.11 Å². The highest BCUT2D eigenvalue weighted by molar-refractivity contribution is 6.32. The van der Waals surface area contributed by atoms with E-state index in [-0.39, 0.29) is 12.6 Å². The van der Waals surface area contributed by atoms with Crippen LogP contribution in [0, 0.1) is 0 Å². The van der Waals surface area contributed by atoms with Crippen molar-refractivity contribution < 1.29 is 9.84 Å². The second-order valence-electron chi connectivity index (χ2n) is 5.00. The number of benzene rings is 1.